The highest BCUT2D eigenvalue weighted by atomic mass is 32.2. The first-order valence-electron chi connectivity index (χ1n) is 8.09. The van der Waals surface area contributed by atoms with Crippen LogP contribution in [0.2, 0.25) is 0 Å². The molecule has 1 aliphatic heterocycles. The van der Waals surface area contributed by atoms with Gasteiger partial charge in [0.2, 0.25) is 11.1 Å². The predicted molar refractivity (Wildman–Crippen MR) is 97.0 cm³/mol. The fourth-order valence-corrected chi connectivity index (χ4v) is 5.32. The number of hydrogen-bond donors (Lipinski definition) is 1. The lowest BCUT2D eigenvalue weighted by atomic mass is 10.2. The van der Waals surface area contributed by atoms with Gasteiger partial charge in [-0.25, -0.2) is 13.4 Å². The average Bonchev–Trinajstić information content (AvgIpc) is 3.21. The highest BCUT2D eigenvalue weighted by molar-refractivity contribution is 7.99. The quantitative estimate of drug-likeness (QED) is 0.765. The average molecular weight is 380 g/mol. The number of aromatic amines is 1. The summed E-state index contributed by atoms with van der Waals surface area (Å²) in [5.74, 6) is 0.994. The van der Waals surface area contributed by atoms with Gasteiger partial charge in [0.15, 0.2) is 15.7 Å². The molecule has 0 aliphatic carbocycles. The summed E-state index contributed by atoms with van der Waals surface area (Å²) in [6, 6.07) is 9.41. The molecule has 1 aromatic heterocycles. The first-order chi connectivity index (χ1) is 12.0. The van der Waals surface area contributed by atoms with E-state index in [2.05, 4.69) is 15.2 Å². The standard InChI is InChI=1S/C16H20N4O3S2/c1-2-20(13-8-9-25(22,23)11-13)14(21)10-24-16-17-15(18-19-16)12-6-4-3-5-7-12/h3-7,13H,2,8-11H2,1H3,(H,17,18,19). The maximum atomic E-state index is 12.5. The third-order valence-electron chi connectivity index (χ3n) is 4.15. The Kier molecular flexibility index (Phi) is 5.43. The fraction of sp³-hybridized carbons (Fsp3) is 0.438. The molecule has 1 unspecified atom stereocenters. The van der Waals surface area contributed by atoms with Crippen LogP contribution in [0.15, 0.2) is 35.5 Å². The van der Waals surface area contributed by atoms with Crippen molar-refractivity contribution in [3.63, 3.8) is 0 Å². The number of benzene rings is 1. The maximum Gasteiger partial charge on any atom is 0.233 e. The number of thioether (sulfide) groups is 1. The second-order valence-electron chi connectivity index (χ2n) is 5.86. The zero-order valence-electron chi connectivity index (χ0n) is 13.9. The summed E-state index contributed by atoms with van der Waals surface area (Å²) in [7, 11) is -3.01. The number of hydrogen-bond acceptors (Lipinski definition) is 6. The first-order valence-corrected chi connectivity index (χ1v) is 10.9. The van der Waals surface area contributed by atoms with E-state index in [4.69, 9.17) is 0 Å². The lowest BCUT2D eigenvalue weighted by molar-refractivity contribution is -0.129. The molecule has 1 aliphatic rings. The molecular formula is C16H20N4O3S2. The summed E-state index contributed by atoms with van der Waals surface area (Å²) in [5, 5.41) is 7.50. The summed E-state index contributed by atoms with van der Waals surface area (Å²) in [6.45, 7) is 2.37. The van der Waals surface area contributed by atoms with Crippen molar-refractivity contribution in [1.29, 1.82) is 0 Å². The smallest absolute Gasteiger partial charge is 0.233 e. The van der Waals surface area contributed by atoms with Gasteiger partial charge in [-0.3, -0.25) is 9.89 Å². The highest BCUT2D eigenvalue weighted by Gasteiger charge is 2.33. The lowest BCUT2D eigenvalue weighted by Crippen LogP contribution is -2.41. The zero-order chi connectivity index (χ0) is 17.9. The molecule has 1 amide bonds. The van der Waals surface area contributed by atoms with Gasteiger partial charge in [0.05, 0.1) is 17.3 Å². The number of aromatic nitrogens is 3. The van der Waals surface area contributed by atoms with Crippen molar-refractivity contribution in [1.82, 2.24) is 20.1 Å². The molecule has 1 fully saturated rings. The number of nitrogens with one attached hydrogen (secondary N) is 1. The van der Waals surface area contributed by atoms with Crippen LogP contribution in [-0.4, -0.2) is 64.3 Å². The van der Waals surface area contributed by atoms with Crippen molar-refractivity contribution in [3.8, 4) is 11.4 Å². The molecule has 2 heterocycles. The van der Waals surface area contributed by atoms with Crippen LogP contribution in [0.4, 0.5) is 0 Å². The van der Waals surface area contributed by atoms with E-state index in [0.29, 0.717) is 23.9 Å². The largest absolute Gasteiger partial charge is 0.338 e. The number of H-pyrrole nitrogens is 1. The van der Waals surface area contributed by atoms with Gasteiger partial charge in [-0.05, 0) is 13.3 Å². The van der Waals surface area contributed by atoms with Crippen molar-refractivity contribution >= 4 is 27.5 Å². The Balaban J connectivity index is 1.59. The van der Waals surface area contributed by atoms with Crippen LogP contribution in [0.3, 0.4) is 0 Å². The zero-order valence-corrected chi connectivity index (χ0v) is 15.5. The first kappa shape index (κ1) is 17.9. The number of amides is 1. The lowest BCUT2D eigenvalue weighted by Gasteiger charge is -2.26. The molecule has 1 N–H and O–H groups in total. The third-order valence-corrected chi connectivity index (χ3v) is 6.73. The van der Waals surface area contributed by atoms with E-state index in [1.165, 1.54) is 11.8 Å². The Labute approximate surface area is 151 Å². The number of carbonyl (C=O) groups excluding carboxylic acids is 1. The summed E-state index contributed by atoms with van der Waals surface area (Å²) >= 11 is 1.25. The maximum absolute atomic E-state index is 12.5. The molecule has 2 aromatic rings. The van der Waals surface area contributed by atoms with Crippen molar-refractivity contribution in [3.05, 3.63) is 30.3 Å². The molecule has 0 radical (unpaired) electrons. The monoisotopic (exact) mass is 380 g/mol. The van der Waals surface area contributed by atoms with Crippen LogP contribution in [-0.2, 0) is 14.6 Å². The van der Waals surface area contributed by atoms with E-state index in [9.17, 15) is 13.2 Å². The number of nitrogens with zero attached hydrogens (tertiary/aromatic N) is 3. The topological polar surface area (TPSA) is 96.0 Å². The molecule has 1 saturated heterocycles. The molecule has 0 bridgehead atoms. The van der Waals surface area contributed by atoms with E-state index in [1.807, 2.05) is 37.3 Å². The van der Waals surface area contributed by atoms with Crippen LogP contribution < -0.4 is 0 Å². The molecule has 134 valence electrons. The number of sulfone groups is 1. The van der Waals surface area contributed by atoms with Gasteiger partial charge < -0.3 is 4.90 Å². The molecule has 25 heavy (non-hydrogen) atoms. The van der Waals surface area contributed by atoms with Gasteiger partial charge in [0, 0.05) is 18.2 Å². The molecule has 7 nitrogen and oxygen atoms in total. The summed E-state index contributed by atoms with van der Waals surface area (Å²) in [6.07, 6.45) is 0.519. The van der Waals surface area contributed by atoms with Gasteiger partial charge in [0.25, 0.3) is 0 Å². The normalized spacial score (nSPS) is 19.0. The second-order valence-corrected chi connectivity index (χ2v) is 9.03. The van der Waals surface area contributed by atoms with Crippen LogP contribution in [0.5, 0.6) is 0 Å². The van der Waals surface area contributed by atoms with Gasteiger partial charge in [-0.2, -0.15) is 0 Å². The van der Waals surface area contributed by atoms with E-state index >= 15 is 0 Å². The van der Waals surface area contributed by atoms with Crippen molar-refractivity contribution in [2.24, 2.45) is 0 Å². The minimum Gasteiger partial charge on any atom is -0.338 e. The summed E-state index contributed by atoms with van der Waals surface area (Å²) in [5.41, 5.74) is 0.930. The van der Waals surface area contributed by atoms with E-state index < -0.39 is 9.84 Å². The Morgan fingerprint density at radius 1 is 1.36 bits per heavy atom. The SMILES string of the molecule is CCN(C(=O)CSc1n[nH]c(-c2ccccc2)n1)C1CCS(=O)(=O)C1. The van der Waals surface area contributed by atoms with Crippen molar-refractivity contribution in [2.45, 2.75) is 24.5 Å². The minimum absolute atomic E-state index is 0.0655. The minimum atomic E-state index is -3.01. The molecule has 1 atom stereocenters. The molecule has 0 saturated carbocycles. The van der Waals surface area contributed by atoms with E-state index in [0.717, 1.165) is 5.56 Å². The number of carbonyl (C=O) groups is 1. The third kappa shape index (κ3) is 4.40. The van der Waals surface area contributed by atoms with Gasteiger partial charge >= 0.3 is 0 Å². The molecular weight excluding hydrogens is 360 g/mol. The Morgan fingerprint density at radius 2 is 2.12 bits per heavy atom. The molecule has 0 spiro atoms. The van der Waals surface area contributed by atoms with Gasteiger partial charge in [-0.1, -0.05) is 42.1 Å². The van der Waals surface area contributed by atoms with Crippen LogP contribution in [0, 0.1) is 0 Å². The number of rotatable bonds is 6. The Bertz CT molecular complexity index is 836. The Hall–Kier alpha value is -1.87. The predicted octanol–water partition coefficient (Wildman–Crippen LogP) is 1.60. The molecule has 1 aromatic carbocycles. The second kappa shape index (κ2) is 7.57. The Morgan fingerprint density at radius 3 is 2.76 bits per heavy atom. The summed E-state index contributed by atoms with van der Waals surface area (Å²) in [4.78, 5) is 18.5. The highest BCUT2D eigenvalue weighted by Crippen LogP contribution is 2.22. The fourth-order valence-electron chi connectivity index (χ4n) is 2.90. The van der Waals surface area contributed by atoms with Crippen molar-refractivity contribution in [2.75, 3.05) is 23.8 Å². The van der Waals surface area contributed by atoms with Crippen LogP contribution in [0.1, 0.15) is 13.3 Å². The van der Waals surface area contributed by atoms with E-state index in [-0.39, 0.29) is 29.2 Å². The summed E-state index contributed by atoms with van der Waals surface area (Å²) < 4.78 is 23.3. The molecule has 3 rings (SSSR count). The van der Waals surface area contributed by atoms with Gasteiger partial charge in [0.1, 0.15) is 0 Å². The van der Waals surface area contributed by atoms with E-state index in [1.54, 1.807) is 4.90 Å². The van der Waals surface area contributed by atoms with Crippen LogP contribution >= 0.6 is 11.8 Å². The van der Waals surface area contributed by atoms with Crippen LogP contribution in [0.25, 0.3) is 11.4 Å². The van der Waals surface area contributed by atoms with Crippen molar-refractivity contribution < 1.29 is 13.2 Å². The molecule has 9 heteroatoms. The van der Waals surface area contributed by atoms with Gasteiger partial charge in [-0.15, -0.1) is 5.10 Å².